The highest BCUT2D eigenvalue weighted by Gasteiger charge is 2.12. The molecule has 18 heavy (non-hydrogen) atoms. The number of rotatable bonds is 3. The van der Waals surface area contributed by atoms with Gasteiger partial charge in [0.2, 0.25) is 0 Å². The van der Waals surface area contributed by atoms with Gasteiger partial charge in [0.05, 0.1) is 0 Å². The van der Waals surface area contributed by atoms with E-state index in [1.54, 1.807) is 0 Å². The van der Waals surface area contributed by atoms with E-state index < -0.39 is 0 Å². The quantitative estimate of drug-likeness (QED) is 0.558. The fourth-order valence-electron chi connectivity index (χ4n) is 1.69. The van der Waals surface area contributed by atoms with Gasteiger partial charge in [0.25, 0.3) is 0 Å². The van der Waals surface area contributed by atoms with E-state index in [2.05, 4.69) is 31.9 Å². The monoisotopic (exact) mass is 366 g/mol. The molecule has 2 aromatic carbocycles. The van der Waals surface area contributed by atoms with Gasteiger partial charge in [-0.25, -0.2) is 0 Å². The van der Waals surface area contributed by atoms with E-state index in [0.29, 0.717) is 11.1 Å². The topological polar surface area (TPSA) is 17.1 Å². The van der Waals surface area contributed by atoms with Gasteiger partial charge in [-0.1, -0.05) is 67.8 Å². The first-order chi connectivity index (χ1) is 8.61. The number of halogens is 2. The van der Waals surface area contributed by atoms with Gasteiger partial charge in [0.1, 0.15) is 0 Å². The Morgan fingerprint density at radius 1 is 1.11 bits per heavy atom. The molecule has 1 nitrogen and oxygen atoms in total. The summed E-state index contributed by atoms with van der Waals surface area (Å²) < 4.78 is 0.831. The molecule has 0 aliphatic carbocycles. The van der Waals surface area contributed by atoms with Crippen LogP contribution < -0.4 is 0 Å². The molecule has 0 radical (unpaired) electrons. The Morgan fingerprint density at radius 2 is 1.78 bits per heavy atom. The van der Waals surface area contributed by atoms with E-state index in [9.17, 15) is 4.79 Å². The Bertz CT molecular complexity index is 574. The Kier molecular flexibility index (Phi) is 4.36. The van der Waals surface area contributed by atoms with Crippen LogP contribution in [0.15, 0.2) is 46.9 Å². The van der Waals surface area contributed by atoms with E-state index in [0.717, 1.165) is 20.9 Å². The number of aryl methyl sites for hydroxylation is 1. The Balaban J connectivity index is 2.42. The Labute approximate surface area is 123 Å². The highest BCUT2D eigenvalue weighted by atomic mass is 79.9. The Morgan fingerprint density at radius 3 is 2.39 bits per heavy atom. The lowest BCUT2D eigenvalue weighted by Gasteiger charge is -2.06. The van der Waals surface area contributed by atoms with Crippen molar-refractivity contribution in [2.24, 2.45) is 0 Å². The smallest absolute Gasteiger partial charge is 0.194 e. The van der Waals surface area contributed by atoms with Crippen molar-refractivity contribution in [2.45, 2.75) is 12.3 Å². The first-order valence-electron chi connectivity index (χ1n) is 5.57. The average molecular weight is 368 g/mol. The van der Waals surface area contributed by atoms with Gasteiger partial charge in [-0.3, -0.25) is 4.79 Å². The van der Waals surface area contributed by atoms with E-state index >= 15 is 0 Å². The number of hydrogen-bond acceptors (Lipinski definition) is 1. The molecular weight excluding hydrogens is 356 g/mol. The van der Waals surface area contributed by atoms with Gasteiger partial charge in [-0.05, 0) is 24.6 Å². The second-order valence-corrected chi connectivity index (χ2v) is 5.56. The van der Waals surface area contributed by atoms with Crippen LogP contribution in [0, 0.1) is 6.92 Å². The van der Waals surface area contributed by atoms with E-state index in [-0.39, 0.29) is 5.78 Å². The molecule has 2 aromatic rings. The predicted octanol–water partition coefficient (Wildman–Crippen LogP) is 4.88. The van der Waals surface area contributed by atoms with Crippen molar-refractivity contribution in [2.75, 3.05) is 0 Å². The van der Waals surface area contributed by atoms with Crippen LogP contribution in [0.4, 0.5) is 0 Å². The van der Waals surface area contributed by atoms with Gasteiger partial charge in [0, 0.05) is 20.9 Å². The molecule has 0 unspecified atom stereocenters. The van der Waals surface area contributed by atoms with Crippen LogP contribution in [0.3, 0.4) is 0 Å². The van der Waals surface area contributed by atoms with Crippen LogP contribution in [0.25, 0.3) is 0 Å². The van der Waals surface area contributed by atoms with Gasteiger partial charge in [0.15, 0.2) is 5.78 Å². The molecule has 0 fully saturated rings. The van der Waals surface area contributed by atoms with Crippen molar-refractivity contribution in [3.63, 3.8) is 0 Å². The molecule has 0 saturated carbocycles. The molecule has 0 aliphatic heterocycles. The molecular formula is C15H12Br2O. The lowest BCUT2D eigenvalue weighted by atomic mass is 10.0. The maximum absolute atomic E-state index is 12.4. The fraction of sp³-hybridized carbons (Fsp3) is 0.133. The summed E-state index contributed by atoms with van der Waals surface area (Å²) in [5, 5.41) is 0.745. The van der Waals surface area contributed by atoms with Gasteiger partial charge < -0.3 is 0 Å². The number of carbonyl (C=O) groups is 1. The van der Waals surface area contributed by atoms with Crippen molar-refractivity contribution < 1.29 is 4.79 Å². The van der Waals surface area contributed by atoms with Crippen molar-refractivity contribution in [3.8, 4) is 0 Å². The Hall–Kier alpha value is -0.930. The minimum Gasteiger partial charge on any atom is -0.289 e. The average Bonchev–Trinajstić information content (AvgIpc) is 2.39. The number of carbonyl (C=O) groups excluding carboxylic acids is 1. The third-order valence-corrected chi connectivity index (χ3v) is 4.08. The van der Waals surface area contributed by atoms with Crippen molar-refractivity contribution in [3.05, 3.63) is 69.2 Å². The van der Waals surface area contributed by atoms with Crippen LogP contribution in [0.1, 0.15) is 27.0 Å². The number of benzene rings is 2. The van der Waals surface area contributed by atoms with E-state index in [4.69, 9.17) is 0 Å². The summed E-state index contributed by atoms with van der Waals surface area (Å²) >= 11 is 6.84. The summed E-state index contributed by atoms with van der Waals surface area (Å²) in [4.78, 5) is 12.4. The van der Waals surface area contributed by atoms with Gasteiger partial charge in [-0.2, -0.15) is 0 Å². The second-order valence-electron chi connectivity index (χ2n) is 4.14. The predicted molar refractivity (Wildman–Crippen MR) is 81.4 cm³/mol. The maximum atomic E-state index is 12.4. The molecule has 0 heterocycles. The van der Waals surface area contributed by atoms with Crippen molar-refractivity contribution in [1.29, 1.82) is 0 Å². The highest BCUT2D eigenvalue weighted by molar-refractivity contribution is 9.10. The number of ketones is 1. The third-order valence-electron chi connectivity index (χ3n) is 2.74. The van der Waals surface area contributed by atoms with Crippen molar-refractivity contribution in [1.82, 2.24) is 0 Å². The SMILES string of the molecule is Cc1ccc(C(=O)c2cc(CBr)ccc2Br)cc1. The summed E-state index contributed by atoms with van der Waals surface area (Å²) in [6.45, 7) is 2.01. The zero-order valence-electron chi connectivity index (χ0n) is 9.91. The highest BCUT2D eigenvalue weighted by Crippen LogP contribution is 2.23. The second kappa shape index (κ2) is 5.81. The standard InChI is InChI=1S/C15H12Br2O/c1-10-2-5-12(6-3-10)15(18)13-8-11(9-16)4-7-14(13)17/h2-8H,9H2,1H3. The first kappa shape index (κ1) is 13.5. The molecule has 0 aliphatic rings. The molecule has 0 saturated heterocycles. The molecule has 0 spiro atoms. The van der Waals surface area contributed by atoms with Crippen LogP contribution >= 0.6 is 31.9 Å². The molecule has 0 bridgehead atoms. The number of hydrogen-bond donors (Lipinski definition) is 0. The lowest BCUT2D eigenvalue weighted by molar-refractivity contribution is 0.103. The number of alkyl halides is 1. The summed E-state index contributed by atoms with van der Waals surface area (Å²) in [6, 6.07) is 13.5. The molecule has 0 amide bonds. The summed E-state index contributed by atoms with van der Waals surface area (Å²) in [7, 11) is 0. The zero-order chi connectivity index (χ0) is 13.1. The van der Waals surface area contributed by atoms with E-state index in [1.807, 2.05) is 49.4 Å². The molecule has 2 rings (SSSR count). The normalized spacial score (nSPS) is 10.4. The fourth-order valence-corrected chi connectivity index (χ4v) is 2.47. The zero-order valence-corrected chi connectivity index (χ0v) is 13.1. The van der Waals surface area contributed by atoms with E-state index in [1.165, 1.54) is 0 Å². The van der Waals surface area contributed by atoms with Gasteiger partial charge in [-0.15, -0.1) is 0 Å². The van der Waals surface area contributed by atoms with Crippen LogP contribution in [-0.2, 0) is 5.33 Å². The third kappa shape index (κ3) is 2.90. The largest absolute Gasteiger partial charge is 0.289 e. The first-order valence-corrected chi connectivity index (χ1v) is 7.49. The molecule has 3 heteroatoms. The van der Waals surface area contributed by atoms with Gasteiger partial charge >= 0.3 is 0 Å². The minimum atomic E-state index is 0.0460. The van der Waals surface area contributed by atoms with Crippen LogP contribution in [0.5, 0.6) is 0 Å². The van der Waals surface area contributed by atoms with Crippen LogP contribution in [0.2, 0.25) is 0 Å². The van der Waals surface area contributed by atoms with Crippen molar-refractivity contribution >= 4 is 37.6 Å². The van der Waals surface area contributed by atoms with Crippen LogP contribution in [-0.4, -0.2) is 5.78 Å². The molecule has 92 valence electrons. The lowest BCUT2D eigenvalue weighted by Crippen LogP contribution is -2.03. The minimum absolute atomic E-state index is 0.0460. The summed E-state index contributed by atoms with van der Waals surface area (Å²) in [5.41, 5.74) is 3.66. The molecule has 0 atom stereocenters. The summed E-state index contributed by atoms with van der Waals surface area (Å²) in [5.74, 6) is 0.0460. The summed E-state index contributed by atoms with van der Waals surface area (Å²) in [6.07, 6.45) is 0. The molecule has 0 N–H and O–H groups in total. The maximum Gasteiger partial charge on any atom is 0.194 e. The molecule has 0 aromatic heterocycles.